The summed E-state index contributed by atoms with van der Waals surface area (Å²) in [5, 5.41) is 6.95. The average Bonchev–Trinajstić information content (AvgIpc) is 2.99. The predicted molar refractivity (Wildman–Crippen MR) is 95.0 cm³/mol. The fourth-order valence-electron chi connectivity index (χ4n) is 3.27. The predicted octanol–water partition coefficient (Wildman–Crippen LogP) is 2.68. The zero-order valence-corrected chi connectivity index (χ0v) is 14.2. The summed E-state index contributed by atoms with van der Waals surface area (Å²) < 4.78 is 2.10. The molecule has 1 aliphatic rings. The van der Waals surface area contributed by atoms with Crippen molar-refractivity contribution in [1.29, 1.82) is 0 Å². The molecule has 23 heavy (non-hydrogen) atoms. The maximum Gasteiger partial charge on any atom is 0.191 e. The zero-order valence-electron chi connectivity index (χ0n) is 14.2. The third-order valence-corrected chi connectivity index (χ3v) is 4.57. The molecular formula is C18H27N5. The molecule has 0 atom stereocenters. The lowest BCUT2D eigenvalue weighted by molar-refractivity contribution is 0.410. The topological polar surface area (TPSA) is 53.7 Å². The number of imidazole rings is 1. The van der Waals surface area contributed by atoms with Crippen molar-refractivity contribution in [3.63, 3.8) is 0 Å². The highest BCUT2D eigenvalue weighted by atomic mass is 15.2. The molecule has 2 heterocycles. The van der Waals surface area contributed by atoms with Gasteiger partial charge in [-0.2, -0.15) is 0 Å². The summed E-state index contributed by atoms with van der Waals surface area (Å²) in [4.78, 5) is 9.05. The highest BCUT2D eigenvalue weighted by Crippen LogP contribution is 2.17. The molecular weight excluding hydrogens is 286 g/mol. The summed E-state index contributed by atoms with van der Waals surface area (Å²) in [6.07, 6.45) is 11.6. The van der Waals surface area contributed by atoms with Gasteiger partial charge in [0.15, 0.2) is 5.96 Å². The molecule has 5 nitrogen and oxygen atoms in total. The standard InChI is InChI=1S/C18H27N5/c1-14-7-6-12-23-13-16(21-17(14)23)10-11-20-18(19-2)22-15-8-4-3-5-9-15/h6-7,12-13,15H,3-5,8-11H2,1-2H3,(H2,19,20,22). The molecule has 0 radical (unpaired) electrons. The van der Waals surface area contributed by atoms with Gasteiger partial charge >= 0.3 is 0 Å². The molecule has 0 amide bonds. The summed E-state index contributed by atoms with van der Waals surface area (Å²) >= 11 is 0. The molecule has 5 heteroatoms. The maximum absolute atomic E-state index is 4.71. The molecule has 0 spiro atoms. The largest absolute Gasteiger partial charge is 0.356 e. The van der Waals surface area contributed by atoms with E-state index < -0.39 is 0 Å². The lowest BCUT2D eigenvalue weighted by atomic mass is 9.96. The van der Waals surface area contributed by atoms with Crippen molar-refractivity contribution < 1.29 is 0 Å². The number of guanidine groups is 1. The van der Waals surface area contributed by atoms with Gasteiger partial charge in [0.05, 0.1) is 5.69 Å². The Morgan fingerprint density at radius 3 is 2.91 bits per heavy atom. The van der Waals surface area contributed by atoms with E-state index in [2.05, 4.69) is 51.5 Å². The van der Waals surface area contributed by atoms with E-state index in [1.807, 2.05) is 7.05 Å². The first kappa shape index (κ1) is 15.8. The molecule has 0 aromatic carbocycles. The van der Waals surface area contributed by atoms with Crippen LogP contribution in [0.5, 0.6) is 0 Å². The minimum absolute atomic E-state index is 0.577. The van der Waals surface area contributed by atoms with E-state index in [9.17, 15) is 0 Å². The van der Waals surface area contributed by atoms with E-state index in [0.717, 1.165) is 30.3 Å². The number of rotatable bonds is 4. The number of nitrogens with one attached hydrogen (secondary N) is 2. The van der Waals surface area contributed by atoms with Crippen molar-refractivity contribution in [2.45, 2.75) is 51.5 Å². The number of aliphatic imine (C=N–C) groups is 1. The minimum atomic E-state index is 0.577. The molecule has 0 bridgehead atoms. The molecule has 0 unspecified atom stereocenters. The average molecular weight is 313 g/mol. The van der Waals surface area contributed by atoms with Crippen LogP contribution in [0.25, 0.3) is 5.65 Å². The second-order valence-corrected chi connectivity index (χ2v) is 6.38. The van der Waals surface area contributed by atoms with Crippen molar-refractivity contribution in [3.05, 3.63) is 35.8 Å². The van der Waals surface area contributed by atoms with Crippen LogP contribution in [0.1, 0.15) is 43.4 Å². The Kier molecular flexibility index (Phi) is 5.16. The second-order valence-electron chi connectivity index (χ2n) is 6.38. The second kappa shape index (κ2) is 7.49. The van der Waals surface area contributed by atoms with Crippen LogP contribution in [0.3, 0.4) is 0 Å². The molecule has 1 aliphatic carbocycles. The number of aryl methyl sites for hydroxylation is 1. The first-order valence-corrected chi connectivity index (χ1v) is 8.66. The van der Waals surface area contributed by atoms with Gasteiger partial charge in [-0.15, -0.1) is 0 Å². The van der Waals surface area contributed by atoms with Crippen LogP contribution >= 0.6 is 0 Å². The molecule has 2 aromatic heterocycles. The van der Waals surface area contributed by atoms with Crippen molar-refractivity contribution in [3.8, 4) is 0 Å². The Morgan fingerprint density at radius 1 is 1.35 bits per heavy atom. The van der Waals surface area contributed by atoms with Crippen LogP contribution in [0.4, 0.5) is 0 Å². The summed E-state index contributed by atoms with van der Waals surface area (Å²) in [6, 6.07) is 4.73. The molecule has 1 saturated carbocycles. The number of fused-ring (bicyclic) bond motifs is 1. The Morgan fingerprint density at radius 2 is 2.17 bits per heavy atom. The molecule has 2 N–H and O–H groups in total. The van der Waals surface area contributed by atoms with E-state index in [-0.39, 0.29) is 0 Å². The number of hydrogen-bond donors (Lipinski definition) is 2. The van der Waals surface area contributed by atoms with Gasteiger partial charge < -0.3 is 15.0 Å². The SMILES string of the molecule is CN=C(NCCc1cn2cccc(C)c2n1)NC1CCCCC1. The molecule has 0 aliphatic heterocycles. The van der Waals surface area contributed by atoms with Gasteiger partial charge in [-0.1, -0.05) is 25.3 Å². The van der Waals surface area contributed by atoms with Crippen LogP contribution in [-0.4, -0.2) is 35.0 Å². The maximum atomic E-state index is 4.71. The summed E-state index contributed by atoms with van der Waals surface area (Å²) in [7, 11) is 1.84. The van der Waals surface area contributed by atoms with Gasteiger partial charge in [0, 0.05) is 38.4 Å². The van der Waals surface area contributed by atoms with Crippen molar-refractivity contribution >= 4 is 11.6 Å². The van der Waals surface area contributed by atoms with Gasteiger partial charge in [0.2, 0.25) is 0 Å². The normalized spacial score (nSPS) is 16.7. The van der Waals surface area contributed by atoms with Crippen molar-refractivity contribution in [2.24, 2.45) is 4.99 Å². The van der Waals surface area contributed by atoms with E-state index in [0.29, 0.717) is 6.04 Å². The number of nitrogens with zero attached hydrogens (tertiary/aromatic N) is 3. The quantitative estimate of drug-likeness (QED) is 0.674. The van der Waals surface area contributed by atoms with Gasteiger partial charge in [-0.25, -0.2) is 4.98 Å². The number of hydrogen-bond acceptors (Lipinski definition) is 2. The van der Waals surface area contributed by atoms with Crippen LogP contribution in [-0.2, 0) is 6.42 Å². The third kappa shape index (κ3) is 4.03. The van der Waals surface area contributed by atoms with E-state index in [1.54, 1.807) is 0 Å². The first-order chi connectivity index (χ1) is 11.3. The summed E-state index contributed by atoms with van der Waals surface area (Å²) in [5.41, 5.74) is 3.37. The highest BCUT2D eigenvalue weighted by Gasteiger charge is 2.14. The first-order valence-electron chi connectivity index (χ1n) is 8.66. The minimum Gasteiger partial charge on any atom is -0.356 e. The summed E-state index contributed by atoms with van der Waals surface area (Å²) in [6.45, 7) is 2.94. The zero-order chi connectivity index (χ0) is 16.1. The van der Waals surface area contributed by atoms with Crippen molar-refractivity contribution in [1.82, 2.24) is 20.0 Å². The smallest absolute Gasteiger partial charge is 0.191 e. The Bertz CT molecular complexity index is 667. The summed E-state index contributed by atoms with van der Waals surface area (Å²) in [5.74, 6) is 0.914. The molecule has 0 saturated heterocycles. The lowest BCUT2D eigenvalue weighted by Gasteiger charge is -2.24. The van der Waals surface area contributed by atoms with Gasteiger partial charge in [-0.3, -0.25) is 4.99 Å². The van der Waals surface area contributed by atoms with Gasteiger partial charge in [-0.05, 0) is 31.4 Å². The molecule has 2 aromatic rings. The number of pyridine rings is 1. The highest BCUT2D eigenvalue weighted by molar-refractivity contribution is 5.79. The fourth-order valence-corrected chi connectivity index (χ4v) is 3.27. The molecule has 3 rings (SSSR count). The van der Waals surface area contributed by atoms with E-state index in [1.165, 1.54) is 37.7 Å². The molecule has 1 fully saturated rings. The van der Waals surface area contributed by atoms with Gasteiger partial charge in [0.1, 0.15) is 5.65 Å². The molecule has 124 valence electrons. The van der Waals surface area contributed by atoms with Crippen LogP contribution in [0.2, 0.25) is 0 Å². The van der Waals surface area contributed by atoms with E-state index >= 15 is 0 Å². The number of aromatic nitrogens is 2. The van der Waals surface area contributed by atoms with Gasteiger partial charge in [0.25, 0.3) is 0 Å². The lowest BCUT2D eigenvalue weighted by Crippen LogP contribution is -2.44. The van der Waals surface area contributed by atoms with Crippen LogP contribution in [0, 0.1) is 6.92 Å². The fraction of sp³-hybridized carbons (Fsp3) is 0.556. The van der Waals surface area contributed by atoms with Crippen molar-refractivity contribution in [2.75, 3.05) is 13.6 Å². The third-order valence-electron chi connectivity index (χ3n) is 4.57. The van der Waals surface area contributed by atoms with Crippen LogP contribution < -0.4 is 10.6 Å². The van der Waals surface area contributed by atoms with E-state index in [4.69, 9.17) is 4.98 Å². The van der Waals surface area contributed by atoms with Crippen LogP contribution in [0.15, 0.2) is 29.5 Å². The Hall–Kier alpha value is -2.04. The Balaban J connectivity index is 1.51. The Labute approximate surface area is 138 Å². The monoisotopic (exact) mass is 313 g/mol.